The minimum absolute atomic E-state index is 0.149. The van der Waals surface area contributed by atoms with Crippen LogP contribution in [0.15, 0.2) is 24.3 Å². The van der Waals surface area contributed by atoms with E-state index in [4.69, 9.17) is 34.8 Å². The van der Waals surface area contributed by atoms with Crippen molar-refractivity contribution in [3.05, 3.63) is 39.9 Å². The van der Waals surface area contributed by atoms with Crippen molar-refractivity contribution >= 4 is 46.4 Å². The molecular weight excluding hydrogens is 365 g/mol. The van der Waals surface area contributed by atoms with Crippen molar-refractivity contribution in [2.75, 3.05) is 13.1 Å². The molecule has 6 nitrogen and oxygen atoms in total. The number of piperidine rings is 1. The quantitative estimate of drug-likeness (QED) is 0.493. The number of amides is 1. The molecule has 1 fully saturated rings. The maximum Gasteiger partial charge on any atom is 0.270 e. The zero-order valence-electron chi connectivity index (χ0n) is 12.2. The normalized spacial score (nSPS) is 17.5. The van der Waals surface area contributed by atoms with Gasteiger partial charge in [0.25, 0.3) is 11.6 Å². The van der Waals surface area contributed by atoms with E-state index in [-0.39, 0.29) is 11.3 Å². The molecule has 1 atom stereocenters. The minimum atomic E-state index is -1.70. The first kappa shape index (κ1) is 18.3. The van der Waals surface area contributed by atoms with Gasteiger partial charge in [-0.05, 0) is 18.9 Å². The monoisotopic (exact) mass is 379 g/mol. The van der Waals surface area contributed by atoms with Crippen LogP contribution >= 0.6 is 34.8 Å². The van der Waals surface area contributed by atoms with Crippen molar-refractivity contribution in [2.24, 2.45) is 0 Å². The average Bonchev–Trinajstić information content (AvgIpc) is 2.52. The van der Waals surface area contributed by atoms with Gasteiger partial charge >= 0.3 is 0 Å². The van der Waals surface area contributed by atoms with E-state index in [1.165, 1.54) is 24.3 Å². The number of non-ortho nitro benzene ring substituents is 1. The van der Waals surface area contributed by atoms with Gasteiger partial charge in [-0.25, -0.2) is 0 Å². The fourth-order valence-electron chi connectivity index (χ4n) is 2.52. The molecule has 1 N–H and O–H groups in total. The summed E-state index contributed by atoms with van der Waals surface area (Å²) in [6.45, 7) is 1.43. The first-order chi connectivity index (χ1) is 10.8. The van der Waals surface area contributed by atoms with Gasteiger partial charge in [0.1, 0.15) is 6.17 Å². The van der Waals surface area contributed by atoms with Crippen molar-refractivity contribution in [1.29, 1.82) is 0 Å². The Balaban J connectivity index is 2.17. The number of rotatable bonds is 4. The van der Waals surface area contributed by atoms with Gasteiger partial charge in [0.2, 0.25) is 3.79 Å². The Morgan fingerprint density at radius 3 is 2.48 bits per heavy atom. The number of carbonyl (C=O) groups excluding carboxylic acids is 1. The van der Waals surface area contributed by atoms with Gasteiger partial charge in [0.15, 0.2) is 0 Å². The molecule has 0 saturated carbocycles. The maximum absolute atomic E-state index is 12.4. The molecule has 9 heteroatoms. The predicted molar refractivity (Wildman–Crippen MR) is 90.1 cm³/mol. The second-order valence-corrected chi connectivity index (χ2v) is 7.69. The summed E-state index contributed by atoms with van der Waals surface area (Å²) >= 11 is 18.0. The second kappa shape index (κ2) is 7.66. The van der Waals surface area contributed by atoms with E-state index < -0.39 is 20.8 Å². The van der Waals surface area contributed by atoms with Crippen LogP contribution in [0.2, 0.25) is 0 Å². The summed E-state index contributed by atoms with van der Waals surface area (Å²) in [5.41, 5.74) is -0.0171. The Morgan fingerprint density at radius 2 is 1.91 bits per heavy atom. The van der Waals surface area contributed by atoms with Gasteiger partial charge in [-0.2, -0.15) is 0 Å². The molecular formula is C14H16Cl3N3O3. The molecule has 23 heavy (non-hydrogen) atoms. The molecule has 1 aliphatic heterocycles. The van der Waals surface area contributed by atoms with E-state index in [2.05, 4.69) is 5.32 Å². The highest BCUT2D eigenvalue weighted by Gasteiger charge is 2.39. The number of carbonyl (C=O) groups is 1. The summed E-state index contributed by atoms with van der Waals surface area (Å²) in [4.78, 5) is 24.5. The average molecular weight is 381 g/mol. The predicted octanol–water partition coefficient (Wildman–Crippen LogP) is 3.51. The molecule has 0 aromatic heterocycles. The summed E-state index contributed by atoms with van der Waals surface area (Å²) in [5.74, 6) is -0.518. The topological polar surface area (TPSA) is 75.5 Å². The molecule has 1 aromatic carbocycles. The van der Waals surface area contributed by atoms with Gasteiger partial charge in [-0.1, -0.05) is 47.3 Å². The van der Waals surface area contributed by atoms with Gasteiger partial charge in [-0.3, -0.25) is 19.8 Å². The Morgan fingerprint density at radius 1 is 1.26 bits per heavy atom. The van der Waals surface area contributed by atoms with E-state index in [1.807, 2.05) is 4.90 Å². The number of nitro groups is 1. The van der Waals surface area contributed by atoms with E-state index >= 15 is 0 Å². The van der Waals surface area contributed by atoms with Gasteiger partial charge < -0.3 is 5.32 Å². The number of hydrogen-bond acceptors (Lipinski definition) is 4. The zero-order chi connectivity index (χ0) is 17.0. The number of likely N-dealkylation sites (tertiary alicyclic amines) is 1. The molecule has 1 aromatic rings. The fraction of sp³-hybridized carbons (Fsp3) is 0.500. The summed E-state index contributed by atoms with van der Waals surface area (Å²) < 4.78 is -1.70. The highest BCUT2D eigenvalue weighted by molar-refractivity contribution is 6.68. The fourth-order valence-corrected chi connectivity index (χ4v) is 3.10. The number of nitrogens with zero attached hydrogens (tertiary/aromatic N) is 2. The molecule has 1 saturated heterocycles. The SMILES string of the molecule is O=C(N[C@H](N1CCCCC1)C(Cl)(Cl)Cl)c1cccc([N+](=O)[O-])c1. The number of alkyl halides is 3. The van der Waals surface area contributed by atoms with Crippen LogP contribution in [0, 0.1) is 10.1 Å². The molecule has 0 spiro atoms. The van der Waals surface area contributed by atoms with Crippen LogP contribution in [-0.4, -0.2) is 38.8 Å². The van der Waals surface area contributed by atoms with E-state index in [1.54, 1.807) is 0 Å². The maximum atomic E-state index is 12.4. The van der Waals surface area contributed by atoms with Crippen LogP contribution in [0.1, 0.15) is 29.6 Å². The Bertz CT molecular complexity index is 586. The lowest BCUT2D eigenvalue weighted by molar-refractivity contribution is -0.384. The Labute approximate surface area is 148 Å². The summed E-state index contributed by atoms with van der Waals surface area (Å²) in [5, 5.41) is 13.5. The highest BCUT2D eigenvalue weighted by atomic mass is 35.6. The van der Waals surface area contributed by atoms with Crippen molar-refractivity contribution < 1.29 is 9.72 Å². The van der Waals surface area contributed by atoms with Crippen LogP contribution in [0.5, 0.6) is 0 Å². The molecule has 2 rings (SSSR count). The van der Waals surface area contributed by atoms with Crippen LogP contribution < -0.4 is 5.32 Å². The van der Waals surface area contributed by atoms with E-state index in [0.717, 1.165) is 19.3 Å². The molecule has 0 aliphatic carbocycles. The van der Waals surface area contributed by atoms with Crippen LogP contribution in [0.25, 0.3) is 0 Å². The molecule has 1 heterocycles. The van der Waals surface area contributed by atoms with Gasteiger partial charge in [0.05, 0.1) is 4.92 Å². The van der Waals surface area contributed by atoms with Gasteiger partial charge in [-0.15, -0.1) is 0 Å². The zero-order valence-corrected chi connectivity index (χ0v) is 14.4. The summed E-state index contributed by atoms with van der Waals surface area (Å²) in [7, 11) is 0. The summed E-state index contributed by atoms with van der Waals surface area (Å²) in [6.07, 6.45) is 2.23. The first-order valence-corrected chi connectivity index (χ1v) is 8.28. The largest absolute Gasteiger partial charge is 0.332 e. The third-order valence-corrected chi connectivity index (χ3v) is 4.27. The Kier molecular flexibility index (Phi) is 6.08. The standard InChI is InChI=1S/C14H16Cl3N3O3/c15-14(16,17)13(19-7-2-1-3-8-19)18-12(21)10-5-4-6-11(9-10)20(22)23/h4-6,9,13H,1-3,7-8H2,(H,18,21)/t13-/m1/s1. The van der Waals surface area contributed by atoms with Crippen molar-refractivity contribution in [3.63, 3.8) is 0 Å². The molecule has 0 radical (unpaired) electrons. The lowest BCUT2D eigenvalue weighted by atomic mass is 10.1. The first-order valence-electron chi connectivity index (χ1n) is 7.15. The van der Waals surface area contributed by atoms with Crippen molar-refractivity contribution in [3.8, 4) is 0 Å². The lowest BCUT2D eigenvalue weighted by Crippen LogP contribution is -2.56. The molecule has 0 bridgehead atoms. The third-order valence-electron chi connectivity index (χ3n) is 3.65. The van der Waals surface area contributed by atoms with Crippen molar-refractivity contribution in [1.82, 2.24) is 10.2 Å². The molecule has 1 amide bonds. The number of nitrogens with one attached hydrogen (secondary N) is 1. The van der Waals surface area contributed by atoms with E-state index in [9.17, 15) is 14.9 Å². The van der Waals surface area contributed by atoms with Crippen LogP contribution in [0.4, 0.5) is 5.69 Å². The summed E-state index contributed by atoms with van der Waals surface area (Å²) in [6, 6.07) is 5.43. The third kappa shape index (κ3) is 4.94. The van der Waals surface area contributed by atoms with Crippen LogP contribution in [0.3, 0.4) is 0 Å². The molecule has 1 aliphatic rings. The molecule has 0 unspecified atom stereocenters. The number of benzene rings is 1. The smallest absolute Gasteiger partial charge is 0.270 e. The van der Waals surface area contributed by atoms with E-state index in [0.29, 0.717) is 13.1 Å². The van der Waals surface area contributed by atoms with Crippen molar-refractivity contribution in [2.45, 2.75) is 29.2 Å². The van der Waals surface area contributed by atoms with Crippen LogP contribution in [-0.2, 0) is 0 Å². The number of hydrogen-bond donors (Lipinski definition) is 1. The molecule has 126 valence electrons. The lowest BCUT2D eigenvalue weighted by Gasteiger charge is -2.38. The van der Waals surface area contributed by atoms with Gasteiger partial charge in [0, 0.05) is 30.8 Å². The number of halogens is 3. The second-order valence-electron chi connectivity index (χ2n) is 5.32. The Hall–Kier alpha value is -1.08. The number of nitro benzene ring substituents is 1. The minimum Gasteiger partial charge on any atom is -0.332 e. The highest BCUT2D eigenvalue weighted by Crippen LogP contribution is 2.33.